The van der Waals surface area contributed by atoms with Crippen LogP contribution < -0.4 is 5.32 Å². The average molecular weight is 211 g/mol. The number of aromatic nitrogens is 2. The molecule has 0 fully saturated rings. The minimum absolute atomic E-state index is 0.101. The molecule has 86 valence electrons. The smallest absolute Gasteiger partial charge is 0.108 e. The monoisotopic (exact) mass is 211 g/mol. The summed E-state index contributed by atoms with van der Waals surface area (Å²) in [6, 6.07) is 0.486. The minimum atomic E-state index is 0.101. The Hall–Kier alpha value is -0.870. The number of hydrogen-bond donors (Lipinski definition) is 2. The Kier molecular flexibility index (Phi) is 4.78. The summed E-state index contributed by atoms with van der Waals surface area (Å²) in [7, 11) is 0. The Morgan fingerprint density at radius 1 is 1.53 bits per heavy atom. The summed E-state index contributed by atoms with van der Waals surface area (Å²) in [6.45, 7) is 7.18. The highest BCUT2D eigenvalue weighted by Crippen LogP contribution is 2.01. The van der Waals surface area contributed by atoms with E-state index in [1.54, 1.807) is 0 Å². The van der Waals surface area contributed by atoms with Crippen LogP contribution in [-0.4, -0.2) is 33.3 Å². The highest BCUT2D eigenvalue weighted by atomic mass is 16.3. The van der Waals surface area contributed by atoms with E-state index in [-0.39, 0.29) is 12.6 Å². The van der Waals surface area contributed by atoms with Crippen LogP contribution in [-0.2, 0) is 13.0 Å². The summed E-state index contributed by atoms with van der Waals surface area (Å²) >= 11 is 0. The van der Waals surface area contributed by atoms with Gasteiger partial charge in [0.25, 0.3) is 0 Å². The van der Waals surface area contributed by atoms with Gasteiger partial charge in [0.05, 0.1) is 6.61 Å². The van der Waals surface area contributed by atoms with Crippen molar-refractivity contribution in [1.82, 2.24) is 14.9 Å². The van der Waals surface area contributed by atoms with E-state index in [1.165, 1.54) is 0 Å². The largest absolute Gasteiger partial charge is 0.395 e. The average Bonchev–Trinajstić information content (AvgIpc) is 2.63. The van der Waals surface area contributed by atoms with Crippen molar-refractivity contribution in [3.05, 3.63) is 18.2 Å². The molecule has 4 heteroatoms. The third-order valence-corrected chi connectivity index (χ3v) is 2.32. The molecule has 1 aromatic heterocycles. The third kappa shape index (κ3) is 3.64. The molecule has 0 amide bonds. The van der Waals surface area contributed by atoms with Gasteiger partial charge in [-0.15, -0.1) is 0 Å². The van der Waals surface area contributed by atoms with Crippen molar-refractivity contribution < 1.29 is 5.11 Å². The molecule has 1 unspecified atom stereocenters. The molecule has 15 heavy (non-hydrogen) atoms. The van der Waals surface area contributed by atoms with Crippen LogP contribution in [0.1, 0.15) is 26.6 Å². The Balaban J connectivity index is 2.58. The molecule has 0 aliphatic heterocycles. The fourth-order valence-electron chi connectivity index (χ4n) is 1.69. The van der Waals surface area contributed by atoms with Crippen molar-refractivity contribution in [3.63, 3.8) is 0 Å². The normalized spacial score (nSPS) is 13.4. The summed E-state index contributed by atoms with van der Waals surface area (Å²) in [5.41, 5.74) is 0. The molecule has 1 rings (SSSR count). The maximum Gasteiger partial charge on any atom is 0.108 e. The van der Waals surface area contributed by atoms with Gasteiger partial charge in [0.2, 0.25) is 0 Å². The molecule has 1 aromatic rings. The van der Waals surface area contributed by atoms with Gasteiger partial charge < -0.3 is 15.0 Å². The lowest BCUT2D eigenvalue weighted by molar-refractivity contribution is 0.220. The van der Waals surface area contributed by atoms with Gasteiger partial charge in [0.15, 0.2) is 0 Å². The standard InChI is InChI=1S/C11H21N3O/c1-4-11-12-5-6-14(11)7-10(8-15)13-9(2)3/h5-6,9-10,13,15H,4,7-8H2,1-3H3. The fourth-order valence-corrected chi connectivity index (χ4v) is 1.69. The first-order valence-electron chi connectivity index (χ1n) is 5.54. The van der Waals surface area contributed by atoms with Gasteiger partial charge in [-0.3, -0.25) is 0 Å². The number of imidazole rings is 1. The van der Waals surface area contributed by atoms with Crippen LogP contribution in [0.15, 0.2) is 12.4 Å². The van der Waals surface area contributed by atoms with E-state index in [4.69, 9.17) is 0 Å². The number of aliphatic hydroxyl groups excluding tert-OH is 1. The highest BCUT2D eigenvalue weighted by molar-refractivity contribution is 4.92. The Bertz CT molecular complexity index is 283. The van der Waals surface area contributed by atoms with Gasteiger partial charge in [-0.25, -0.2) is 4.98 Å². The summed E-state index contributed by atoms with van der Waals surface area (Å²) in [4.78, 5) is 4.25. The van der Waals surface area contributed by atoms with Crippen LogP contribution in [0.25, 0.3) is 0 Å². The van der Waals surface area contributed by atoms with E-state index in [1.807, 2.05) is 12.4 Å². The van der Waals surface area contributed by atoms with Crippen molar-refractivity contribution >= 4 is 0 Å². The quantitative estimate of drug-likeness (QED) is 0.732. The Morgan fingerprint density at radius 3 is 2.80 bits per heavy atom. The molecule has 0 radical (unpaired) electrons. The van der Waals surface area contributed by atoms with E-state index >= 15 is 0 Å². The van der Waals surface area contributed by atoms with E-state index in [0.717, 1.165) is 18.8 Å². The van der Waals surface area contributed by atoms with Crippen molar-refractivity contribution in [1.29, 1.82) is 0 Å². The molecule has 0 spiro atoms. The zero-order valence-electron chi connectivity index (χ0n) is 9.77. The SMILES string of the molecule is CCc1nccn1CC(CO)NC(C)C. The second-order valence-corrected chi connectivity index (χ2v) is 4.05. The van der Waals surface area contributed by atoms with Crippen LogP contribution in [0, 0.1) is 0 Å². The van der Waals surface area contributed by atoms with Crippen molar-refractivity contribution in [2.24, 2.45) is 0 Å². The lowest BCUT2D eigenvalue weighted by Crippen LogP contribution is -2.40. The number of nitrogens with one attached hydrogen (secondary N) is 1. The highest BCUT2D eigenvalue weighted by Gasteiger charge is 2.10. The lowest BCUT2D eigenvalue weighted by atomic mass is 10.2. The molecule has 0 aliphatic rings. The van der Waals surface area contributed by atoms with Crippen molar-refractivity contribution in [2.45, 2.75) is 45.8 Å². The fraction of sp³-hybridized carbons (Fsp3) is 0.727. The zero-order valence-corrected chi connectivity index (χ0v) is 9.77. The zero-order chi connectivity index (χ0) is 11.3. The third-order valence-electron chi connectivity index (χ3n) is 2.32. The van der Waals surface area contributed by atoms with Gasteiger partial charge in [0, 0.05) is 37.4 Å². The maximum atomic E-state index is 9.24. The predicted molar refractivity (Wildman–Crippen MR) is 60.8 cm³/mol. The number of hydrogen-bond acceptors (Lipinski definition) is 3. The van der Waals surface area contributed by atoms with Gasteiger partial charge in [0.1, 0.15) is 5.82 Å². The topological polar surface area (TPSA) is 50.1 Å². The Labute approximate surface area is 91.3 Å². The molecule has 0 bridgehead atoms. The molecule has 1 heterocycles. The molecular weight excluding hydrogens is 190 g/mol. The van der Waals surface area contributed by atoms with Crippen LogP contribution in [0.2, 0.25) is 0 Å². The molecule has 4 nitrogen and oxygen atoms in total. The predicted octanol–water partition coefficient (Wildman–Crippen LogP) is 0.804. The van der Waals surface area contributed by atoms with Crippen LogP contribution in [0.3, 0.4) is 0 Å². The van der Waals surface area contributed by atoms with Gasteiger partial charge in [-0.05, 0) is 0 Å². The molecule has 0 saturated heterocycles. The second kappa shape index (κ2) is 5.88. The second-order valence-electron chi connectivity index (χ2n) is 4.05. The Morgan fingerprint density at radius 2 is 2.27 bits per heavy atom. The summed E-state index contributed by atoms with van der Waals surface area (Å²) in [6.07, 6.45) is 4.69. The summed E-state index contributed by atoms with van der Waals surface area (Å²) < 4.78 is 2.09. The van der Waals surface area contributed by atoms with Gasteiger partial charge >= 0.3 is 0 Å². The van der Waals surface area contributed by atoms with E-state index in [2.05, 4.69) is 35.6 Å². The first-order chi connectivity index (χ1) is 7.17. The van der Waals surface area contributed by atoms with E-state index < -0.39 is 0 Å². The van der Waals surface area contributed by atoms with E-state index in [0.29, 0.717) is 6.04 Å². The number of aryl methyl sites for hydroxylation is 1. The molecule has 0 aromatic carbocycles. The van der Waals surface area contributed by atoms with E-state index in [9.17, 15) is 5.11 Å². The molecule has 0 saturated carbocycles. The summed E-state index contributed by atoms with van der Waals surface area (Å²) in [5, 5.41) is 12.6. The molecule has 2 N–H and O–H groups in total. The first-order valence-corrected chi connectivity index (χ1v) is 5.54. The number of nitrogens with zero attached hydrogens (tertiary/aromatic N) is 2. The number of rotatable bonds is 6. The molecule has 1 atom stereocenters. The lowest BCUT2D eigenvalue weighted by Gasteiger charge is -2.20. The van der Waals surface area contributed by atoms with Crippen molar-refractivity contribution in [2.75, 3.05) is 6.61 Å². The molecule has 0 aliphatic carbocycles. The van der Waals surface area contributed by atoms with Crippen LogP contribution in [0.5, 0.6) is 0 Å². The molecular formula is C11H21N3O. The van der Waals surface area contributed by atoms with Gasteiger partial charge in [-0.1, -0.05) is 20.8 Å². The number of aliphatic hydroxyl groups is 1. The van der Waals surface area contributed by atoms with Crippen LogP contribution in [0.4, 0.5) is 0 Å². The summed E-state index contributed by atoms with van der Waals surface area (Å²) in [5.74, 6) is 1.07. The van der Waals surface area contributed by atoms with Crippen LogP contribution >= 0.6 is 0 Å². The van der Waals surface area contributed by atoms with Crippen molar-refractivity contribution in [3.8, 4) is 0 Å². The minimum Gasteiger partial charge on any atom is -0.395 e. The first kappa shape index (κ1) is 12.2. The maximum absolute atomic E-state index is 9.24. The van der Waals surface area contributed by atoms with Gasteiger partial charge in [-0.2, -0.15) is 0 Å².